The predicted octanol–water partition coefficient (Wildman–Crippen LogP) is 3.22. The van der Waals surface area contributed by atoms with Crippen molar-refractivity contribution in [2.24, 2.45) is 5.92 Å². The second-order valence-electron chi connectivity index (χ2n) is 5.40. The van der Waals surface area contributed by atoms with E-state index in [9.17, 15) is 0 Å². The Balaban J connectivity index is 1.94. The molecule has 1 aliphatic carbocycles. The lowest BCUT2D eigenvalue weighted by Gasteiger charge is -2.43. The summed E-state index contributed by atoms with van der Waals surface area (Å²) < 4.78 is 5.78. The van der Waals surface area contributed by atoms with Gasteiger partial charge >= 0.3 is 0 Å². The third-order valence-corrected chi connectivity index (χ3v) is 4.47. The molecule has 2 heterocycles. The van der Waals surface area contributed by atoms with Crippen LogP contribution in [0.1, 0.15) is 50.4 Å². The van der Waals surface area contributed by atoms with Crippen LogP contribution >= 0.6 is 0 Å². The van der Waals surface area contributed by atoms with E-state index < -0.39 is 0 Å². The first-order valence-corrected chi connectivity index (χ1v) is 6.66. The first-order valence-electron chi connectivity index (χ1n) is 6.66. The Morgan fingerprint density at radius 3 is 3.38 bits per heavy atom. The lowest BCUT2D eigenvalue weighted by Crippen LogP contribution is -2.49. The molecule has 2 atom stereocenters. The van der Waals surface area contributed by atoms with Gasteiger partial charge in [-0.05, 0) is 36.8 Å². The number of hydrogen-bond acceptors (Lipinski definition) is 2. The van der Waals surface area contributed by atoms with Crippen LogP contribution in [0.4, 0.5) is 0 Å². The Bertz CT molecular complexity index is 371. The molecule has 16 heavy (non-hydrogen) atoms. The maximum Gasteiger partial charge on any atom is 0.127 e. The average Bonchev–Trinajstić information content (AvgIpc) is 2.79. The smallest absolute Gasteiger partial charge is 0.127 e. The van der Waals surface area contributed by atoms with Gasteiger partial charge in [0, 0.05) is 6.54 Å². The molecular weight excluding hydrogens is 198 g/mol. The van der Waals surface area contributed by atoms with E-state index in [1.165, 1.54) is 43.4 Å². The van der Waals surface area contributed by atoms with E-state index in [0.29, 0.717) is 0 Å². The van der Waals surface area contributed by atoms with E-state index in [-0.39, 0.29) is 5.54 Å². The Hall–Kier alpha value is -0.760. The summed E-state index contributed by atoms with van der Waals surface area (Å²) in [5.41, 5.74) is 1.62. The fourth-order valence-electron chi connectivity index (χ4n) is 3.57. The van der Waals surface area contributed by atoms with E-state index in [1.807, 2.05) is 6.26 Å². The molecule has 88 valence electrons. The quantitative estimate of drug-likeness (QED) is 0.784. The van der Waals surface area contributed by atoms with Crippen molar-refractivity contribution in [1.29, 1.82) is 0 Å². The predicted molar refractivity (Wildman–Crippen MR) is 64.3 cm³/mol. The van der Waals surface area contributed by atoms with Gasteiger partial charge in [0.15, 0.2) is 0 Å². The molecular formula is C14H21NO. The average molecular weight is 219 g/mol. The van der Waals surface area contributed by atoms with Gasteiger partial charge in [-0.1, -0.05) is 26.2 Å². The van der Waals surface area contributed by atoms with Crippen molar-refractivity contribution < 1.29 is 4.42 Å². The summed E-state index contributed by atoms with van der Waals surface area (Å²) in [6, 6.07) is 2.16. The highest BCUT2D eigenvalue weighted by Gasteiger charge is 2.42. The van der Waals surface area contributed by atoms with Gasteiger partial charge in [0.05, 0.1) is 11.8 Å². The molecule has 1 aromatic rings. The van der Waals surface area contributed by atoms with Crippen LogP contribution in [-0.2, 0) is 12.0 Å². The summed E-state index contributed by atoms with van der Waals surface area (Å²) in [6.07, 6.45) is 9.56. The first kappa shape index (κ1) is 10.4. The zero-order chi connectivity index (χ0) is 11.0. The maximum atomic E-state index is 5.78. The van der Waals surface area contributed by atoms with Crippen LogP contribution in [0, 0.1) is 5.92 Å². The largest absolute Gasteiger partial charge is 0.467 e. The summed E-state index contributed by atoms with van der Waals surface area (Å²) in [5, 5.41) is 3.75. The Kier molecular flexibility index (Phi) is 2.55. The number of rotatable bonds is 1. The minimum atomic E-state index is 0.177. The maximum absolute atomic E-state index is 5.78. The second kappa shape index (κ2) is 3.92. The monoisotopic (exact) mass is 219 g/mol. The molecule has 1 aliphatic heterocycles. The lowest BCUT2D eigenvalue weighted by atomic mass is 9.71. The van der Waals surface area contributed by atoms with Gasteiger partial charge in [0.2, 0.25) is 0 Å². The van der Waals surface area contributed by atoms with Crippen LogP contribution < -0.4 is 5.32 Å². The summed E-state index contributed by atoms with van der Waals surface area (Å²) in [7, 11) is 0. The zero-order valence-electron chi connectivity index (χ0n) is 10.1. The van der Waals surface area contributed by atoms with E-state index in [0.717, 1.165) is 18.9 Å². The van der Waals surface area contributed by atoms with Crippen LogP contribution in [0.15, 0.2) is 16.7 Å². The third kappa shape index (κ3) is 1.51. The third-order valence-electron chi connectivity index (χ3n) is 4.47. The Morgan fingerprint density at radius 1 is 1.56 bits per heavy atom. The van der Waals surface area contributed by atoms with E-state index in [1.54, 1.807) is 0 Å². The first-order chi connectivity index (χ1) is 7.84. The molecule has 1 N–H and O–H groups in total. The van der Waals surface area contributed by atoms with E-state index >= 15 is 0 Å². The van der Waals surface area contributed by atoms with Crippen molar-refractivity contribution in [3.05, 3.63) is 23.7 Å². The number of fused-ring (bicyclic) bond motifs is 2. The molecule has 1 spiro atoms. The molecule has 0 bridgehead atoms. The van der Waals surface area contributed by atoms with Gasteiger partial charge in [-0.3, -0.25) is 0 Å². The van der Waals surface area contributed by atoms with Crippen molar-refractivity contribution in [2.75, 3.05) is 6.54 Å². The molecule has 0 radical (unpaired) electrons. The molecule has 2 heteroatoms. The molecule has 1 aromatic heterocycles. The molecule has 3 rings (SSSR count). The fraction of sp³-hybridized carbons (Fsp3) is 0.714. The van der Waals surface area contributed by atoms with Crippen molar-refractivity contribution >= 4 is 0 Å². The molecule has 0 amide bonds. The molecule has 2 aliphatic rings. The van der Waals surface area contributed by atoms with Crippen molar-refractivity contribution in [3.63, 3.8) is 0 Å². The molecule has 2 unspecified atom stereocenters. The minimum Gasteiger partial charge on any atom is -0.467 e. The number of hydrogen-bond donors (Lipinski definition) is 1. The van der Waals surface area contributed by atoms with Gasteiger partial charge in [-0.15, -0.1) is 0 Å². The van der Waals surface area contributed by atoms with Crippen molar-refractivity contribution in [1.82, 2.24) is 5.32 Å². The van der Waals surface area contributed by atoms with Gasteiger partial charge in [-0.25, -0.2) is 0 Å². The highest BCUT2D eigenvalue weighted by Crippen LogP contribution is 2.44. The Morgan fingerprint density at radius 2 is 2.50 bits per heavy atom. The molecule has 1 fully saturated rings. The molecule has 2 nitrogen and oxygen atoms in total. The van der Waals surface area contributed by atoms with Crippen LogP contribution in [0.25, 0.3) is 0 Å². The zero-order valence-corrected chi connectivity index (χ0v) is 10.1. The standard InChI is InChI=1S/C14H21NO/c1-2-11-4-3-7-14(10-11)13-12(5-8-15-14)6-9-16-13/h6,9,11,15H,2-5,7-8,10H2,1H3. The van der Waals surface area contributed by atoms with Gasteiger partial charge in [0.25, 0.3) is 0 Å². The van der Waals surface area contributed by atoms with Gasteiger partial charge in [-0.2, -0.15) is 0 Å². The highest BCUT2D eigenvalue weighted by molar-refractivity contribution is 5.28. The number of nitrogens with one attached hydrogen (secondary N) is 1. The Labute approximate surface area is 97.4 Å². The van der Waals surface area contributed by atoms with Crippen LogP contribution in [0.5, 0.6) is 0 Å². The second-order valence-corrected chi connectivity index (χ2v) is 5.40. The van der Waals surface area contributed by atoms with Crippen LogP contribution in [-0.4, -0.2) is 6.54 Å². The summed E-state index contributed by atoms with van der Waals surface area (Å²) in [5.74, 6) is 2.12. The summed E-state index contributed by atoms with van der Waals surface area (Å²) in [6.45, 7) is 3.43. The molecule has 0 aromatic carbocycles. The summed E-state index contributed by atoms with van der Waals surface area (Å²) in [4.78, 5) is 0. The van der Waals surface area contributed by atoms with E-state index in [4.69, 9.17) is 4.42 Å². The van der Waals surface area contributed by atoms with Crippen molar-refractivity contribution in [3.8, 4) is 0 Å². The van der Waals surface area contributed by atoms with Crippen LogP contribution in [0.2, 0.25) is 0 Å². The molecule has 1 saturated carbocycles. The van der Waals surface area contributed by atoms with E-state index in [2.05, 4.69) is 18.3 Å². The summed E-state index contributed by atoms with van der Waals surface area (Å²) >= 11 is 0. The normalized spacial score (nSPS) is 33.9. The van der Waals surface area contributed by atoms with Gasteiger partial charge < -0.3 is 9.73 Å². The fourth-order valence-corrected chi connectivity index (χ4v) is 3.57. The number of furan rings is 1. The minimum absolute atomic E-state index is 0.177. The lowest BCUT2D eigenvalue weighted by molar-refractivity contribution is 0.138. The van der Waals surface area contributed by atoms with Crippen LogP contribution in [0.3, 0.4) is 0 Å². The SMILES string of the molecule is CCC1CCCC2(C1)NCCc1ccoc12. The molecule has 0 saturated heterocycles. The van der Waals surface area contributed by atoms with Gasteiger partial charge in [0.1, 0.15) is 5.76 Å². The topological polar surface area (TPSA) is 25.2 Å². The van der Waals surface area contributed by atoms with Crippen molar-refractivity contribution in [2.45, 2.75) is 51.0 Å². The highest BCUT2D eigenvalue weighted by atomic mass is 16.3.